The molecule has 61 heavy (non-hydrogen) atoms. The molecule has 0 radical (unpaired) electrons. The van der Waals surface area contributed by atoms with E-state index >= 15 is 4.39 Å². The van der Waals surface area contributed by atoms with Gasteiger partial charge in [0.25, 0.3) is 11.8 Å². The Morgan fingerprint density at radius 3 is 2.52 bits per heavy atom. The molecular formula is C46H48FN9O4S. The number of thiophene rings is 1. The molecular weight excluding hydrogens is 794 g/mol. The van der Waals surface area contributed by atoms with Crippen LogP contribution in [0.4, 0.5) is 15.8 Å². The second kappa shape index (κ2) is 15.8. The van der Waals surface area contributed by atoms with Gasteiger partial charge in [0.15, 0.2) is 0 Å². The molecule has 0 bridgehead atoms. The molecule has 2 atom stereocenters. The largest absolute Gasteiger partial charge is 0.381 e. The molecule has 3 fully saturated rings. The van der Waals surface area contributed by atoms with Crippen molar-refractivity contribution in [3.63, 3.8) is 0 Å². The summed E-state index contributed by atoms with van der Waals surface area (Å²) in [6, 6.07) is 18.6. The van der Waals surface area contributed by atoms with E-state index in [-0.39, 0.29) is 35.7 Å². The number of aromatic nitrogens is 3. The first-order chi connectivity index (χ1) is 29.6. The lowest BCUT2D eigenvalue weighted by Gasteiger charge is -2.39. The maximum absolute atomic E-state index is 15.7. The van der Waals surface area contributed by atoms with Gasteiger partial charge in [-0.25, -0.2) is 9.37 Å². The zero-order valence-electron chi connectivity index (χ0n) is 34.2. The number of halogens is 1. The van der Waals surface area contributed by atoms with E-state index in [0.717, 1.165) is 102 Å². The quantitative estimate of drug-likeness (QED) is 0.135. The average molecular weight is 842 g/mol. The third kappa shape index (κ3) is 7.47. The number of nitrogens with one attached hydrogen (secondary N) is 4. The fourth-order valence-corrected chi connectivity index (χ4v) is 10.8. The molecule has 6 heterocycles. The van der Waals surface area contributed by atoms with E-state index in [1.54, 1.807) is 18.2 Å². The summed E-state index contributed by atoms with van der Waals surface area (Å²) in [4.78, 5) is 60.9. The minimum Gasteiger partial charge on any atom is -0.381 e. The van der Waals surface area contributed by atoms with E-state index in [2.05, 4.69) is 49.3 Å². The lowest BCUT2D eigenvalue weighted by molar-refractivity contribution is -0.134. The zero-order chi connectivity index (χ0) is 41.9. The van der Waals surface area contributed by atoms with Gasteiger partial charge in [0.2, 0.25) is 11.8 Å². The van der Waals surface area contributed by atoms with Gasteiger partial charge in [-0.15, -0.1) is 11.3 Å². The molecule has 15 heteroatoms. The lowest BCUT2D eigenvalue weighted by atomic mass is 9.85. The van der Waals surface area contributed by atoms with Crippen molar-refractivity contribution < 1.29 is 23.6 Å². The summed E-state index contributed by atoms with van der Waals surface area (Å²) in [7, 11) is 1.90. The molecule has 2 saturated heterocycles. The van der Waals surface area contributed by atoms with Crippen molar-refractivity contribution in [3.8, 4) is 11.3 Å². The first-order valence-corrected chi connectivity index (χ1v) is 22.2. The zero-order valence-corrected chi connectivity index (χ0v) is 35.0. The van der Waals surface area contributed by atoms with Crippen molar-refractivity contribution >= 4 is 78.2 Å². The van der Waals surface area contributed by atoms with Crippen molar-refractivity contribution in [2.75, 3.05) is 49.5 Å². The van der Waals surface area contributed by atoms with Crippen molar-refractivity contribution in [2.24, 2.45) is 13.0 Å². The third-order valence-corrected chi connectivity index (χ3v) is 14.2. The maximum atomic E-state index is 15.7. The van der Waals surface area contributed by atoms with E-state index in [0.29, 0.717) is 52.5 Å². The molecule has 314 valence electrons. The number of hydrogen-bond donors (Lipinski definition) is 4. The van der Waals surface area contributed by atoms with E-state index < -0.39 is 11.7 Å². The first-order valence-electron chi connectivity index (χ1n) is 21.4. The average Bonchev–Trinajstić information content (AvgIpc) is 3.76. The van der Waals surface area contributed by atoms with Crippen molar-refractivity contribution in [1.82, 2.24) is 35.6 Å². The van der Waals surface area contributed by atoms with Crippen LogP contribution in [0.15, 0.2) is 60.7 Å². The van der Waals surface area contributed by atoms with Gasteiger partial charge >= 0.3 is 0 Å². The molecule has 3 aliphatic heterocycles. The van der Waals surface area contributed by atoms with Gasteiger partial charge in [-0.1, -0.05) is 0 Å². The van der Waals surface area contributed by atoms with Crippen molar-refractivity contribution in [1.29, 1.82) is 0 Å². The van der Waals surface area contributed by atoms with Crippen LogP contribution in [-0.2, 0) is 16.6 Å². The maximum Gasteiger partial charge on any atom is 0.263 e. The van der Waals surface area contributed by atoms with Gasteiger partial charge in [0, 0.05) is 102 Å². The second-order valence-corrected chi connectivity index (χ2v) is 18.2. The van der Waals surface area contributed by atoms with Crippen LogP contribution in [0, 0.1) is 11.7 Å². The van der Waals surface area contributed by atoms with Crippen LogP contribution in [-0.4, -0.2) is 94.6 Å². The molecule has 1 unspecified atom stereocenters. The summed E-state index contributed by atoms with van der Waals surface area (Å²) < 4.78 is 18.5. The number of nitrogens with zero attached hydrogens (tertiary/aromatic N) is 5. The molecule has 1 aliphatic carbocycles. The highest BCUT2D eigenvalue weighted by molar-refractivity contribution is 7.21. The number of aryl methyl sites for hydroxylation is 1. The van der Waals surface area contributed by atoms with Crippen LogP contribution in [0.3, 0.4) is 0 Å². The van der Waals surface area contributed by atoms with Gasteiger partial charge in [0.05, 0.1) is 34.0 Å². The van der Waals surface area contributed by atoms with Crippen LogP contribution >= 0.6 is 11.3 Å². The van der Waals surface area contributed by atoms with Gasteiger partial charge < -0.3 is 20.9 Å². The predicted octanol–water partition coefficient (Wildman–Crippen LogP) is 6.32. The molecule has 4 amide bonds. The molecule has 4 aliphatic rings. The Morgan fingerprint density at radius 1 is 0.934 bits per heavy atom. The fraction of sp³-hybridized carbons (Fsp3) is 0.391. The van der Waals surface area contributed by atoms with E-state index in [4.69, 9.17) is 10.1 Å². The number of hydrogen-bond acceptors (Lipinski definition) is 10. The first kappa shape index (κ1) is 39.2. The molecule has 1 saturated carbocycles. The second-order valence-electron chi connectivity index (χ2n) is 17.2. The number of benzene rings is 3. The number of carbonyl (C=O) groups is 4. The Bertz CT molecular complexity index is 2750. The van der Waals surface area contributed by atoms with Crippen LogP contribution < -0.4 is 26.2 Å². The topological polar surface area (TPSA) is 154 Å². The highest BCUT2D eigenvalue weighted by atomic mass is 32.1. The normalized spacial score (nSPS) is 22.5. The van der Waals surface area contributed by atoms with Crippen LogP contribution in [0.25, 0.3) is 43.1 Å². The monoisotopic (exact) mass is 841 g/mol. The number of anilines is 2. The summed E-state index contributed by atoms with van der Waals surface area (Å²) in [5.41, 5.74) is 5.46. The Kier molecular flexibility index (Phi) is 10.2. The third-order valence-electron chi connectivity index (χ3n) is 13.1. The number of piperidine rings is 1. The smallest absolute Gasteiger partial charge is 0.263 e. The molecule has 0 spiro atoms. The number of pyridine rings is 1. The number of piperazine rings is 1. The Hall–Kier alpha value is -5.93. The molecule has 13 nitrogen and oxygen atoms in total. The molecule has 6 aromatic rings. The highest BCUT2D eigenvalue weighted by Gasteiger charge is 2.32. The van der Waals surface area contributed by atoms with Gasteiger partial charge in [-0.05, 0) is 106 Å². The Balaban J connectivity index is 0.719. The van der Waals surface area contributed by atoms with Crippen molar-refractivity contribution in [3.05, 3.63) is 82.6 Å². The van der Waals surface area contributed by atoms with Gasteiger partial charge in [0.1, 0.15) is 10.7 Å². The fourth-order valence-electron chi connectivity index (χ4n) is 9.73. The Labute approximate surface area is 356 Å². The molecule has 3 aromatic heterocycles. The number of imide groups is 1. The number of rotatable bonds is 7. The SMILES string of the molecule is C[C@@H]1CNc2c(sc3ccc4nc(-c5ccc(C(=O)NC6CCC(CN7CCN(c8ccc9c(C%10CCC(=O)NC%10=O)nn(C)c9c8)CC7)CC6)cc5F)ccc4c23)C(=O)N1. The van der Waals surface area contributed by atoms with Crippen LogP contribution in [0.5, 0.6) is 0 Å². The minimum absolute atomic E-state index is 0.00531. The summed E-state index contributed by atoms with van der Waals surface area (Å²) in [5, 5.41) is 19.6. The minimum atomic E-state index is -0.502. The lowest BCUT2D eigenvalue weighted by Crippen LogP contribution is -2.48. The standard InChI is InChI=1S/C46H48FN9O4S/c1-25-23-48-42-40-31-11-13-35(51-36(31)14-15-38(40)61-43(42)46(60)49-25)30-9-5-27(21-34(30)47)44(58)50-28-6-3-26(4-7-28)24-55-17-19-56(20-18-55)29-8-10-32-37(22-29)54(2)53-41(32)33-12-16-39(57)52-45(33)59/h5,8-11,13-15,21-22,25-26,28,33,48H,3-4,6-7,12,16-20,23-24H2,1-2H3,(H,49,60)(H,50,58)(H,52,57,59)/t25-,26?,28?,33?/m1/s1. The van der Waals surface area contributed by atoms with Gasteiger partial charge in [-0.2, -0.15) is 5.10 Å². The van der Waals surface area contributed by atoms with Crippen LogP contribution in [0.2, 0.25) is 0 Å². The number of carbonyl (C=O) groups excluding carboxylic acids is 4. The molecule has 3 aromatic carbocycles. The van der Waals surface area contributed by atoms with E-state index in [1.807, 2.05) is 36.9 Å². The molecule has 4 N–H and O–H groups in total. The predicted molar refractivity (Wildman–Crippen MR) is 236 cm³/mol. The van der Waals surface area contributed by atoms with E-state index in [9.17, 15) is 19.2 Å². The molecule has 10 rings (SSSR count). The number of amides is 4. The summed E-state index contributed by atoms with van der Waals surface area (Å²) in [5.74, 6) is -1.21. The summed E-state index contributed by atoms with van der Waals surface area (Å²) in [6.45, 7) is 7.39. The summed E-state index contributed by atoms with van der Waals surface area (Å²) >= 11 is 1.45. The Morgan fingerprint density at radius 2 is 1.74 bits per heavy atom. The highest BCUT2D eigenvalue weighted by Crippen LogP contribution is 2.41. The van der Waals surface area contributed by atoms with Gasteiger partial charge in [-0.3, -0.25) is 34.1 Å². The van der Waals surface area contributed by atoms with Crippen molar-refractivity contribution in [2.45, 2.75) is 63.5 Å². The summed E-state index contributed by atoms with van der Waals surface area (Å²) in [6.07, 6.45) is 4.64. The van der Waals surface area contributed by atoms with E-state index in [1.165, 1.54) is 17.4 Å². The van der Waals surface area contributed by atoms with Crippen LogP contribution in [0.1, 0.15) is 77.1 Å². The number of fused-ring (bicyclic) bond motifs is 6.